The number of nitrogens with zero attached hydrogens (tertiary/aromatic N) is 1. The van der Waals surface area contributed by atoms with Crippen LogP contribution < -0.4 is 10.2 Å². The third-order valence-electron chi connectivity index (χ3n) is 10.5. The van der Waals surface area contributed by atoms with E-state index < -0.39 is 20.0 Å². The number of phosphoric ester groups is 1. The van der Waals surface area contributed by atoms with Gasteiger partial charge in [0, 0.05) is 6.42 Å². The third kappa shape index (κ3) is 39.5. The highest BCUT2D eigenvalue weighted by molar-refractivity contribution is 7.45. The van der Waals surface area contributed by atoms with Crippen molar-refractivity contribution in [2.45, 2.75) is 231 Å². The SMILES string of the molecule is CCCCCCCCCC/C=C\CCCCCCCCCCCCCCCCCCCC(=O)NC(COP(=O)([O-])OCC[N+](C)(C)C)C(O)CCCCC. The van der Waals surface area contributed by atoms with E-state index in [-0.39, 0.29) is 19.1 Å². The van der Waals surface area contributed by atoms with Crippen LogP contribution in [0.5, 0.6) is 0 Å². The fourth-order valence-corrected chi connectivity index (χ4v) is 7.52. The third-order valence-corrected chi connectivity index (χ3v) is 11.5. The van der Waals surface area contributed by atoms with E-state index in [2.05, 4.69) is 31.3 Å². The van der Waals surface area contributed by atoms with Crippen LogP contribution in [0, 0.1) is 0 Å². The molecule has 3 unspecified atom stereocenters. The number of phosphoric acid groups is 1. The molecule has 2 N–H and O–H groups in total. The second-order valence-electron chi connectivity index (χ2n) is 17.1. The van der Waals surface area contributed by atoms with Crippen molar-refractivity contribution in [3.8, 4) is 0 Å². The molecule has 0 aliphatic carbocycles. The molecule has 0 radical (unpaired) electrons. The number of hydrogen-bond acceptors (Lipinski definition) is 6. The maximum Gasteiger partial charge on any atom is 0.268 e. The molecule has 0 aromatic heterocycles. The van der Waals surface area contributed by atoms with Crippen LogP contribution in [0.15, 0.2) is 12.2 Å². The van der Waals surface area contributed by atoms with E-state index >= 15 is 0 Å². The molecule has 0 aliphatic rings. The number of carbonyl (C=O) groups is 1. The fourth-order valence-electron chi connectivity index (χ4n) is 6.80. The summed E-state index contributed by atoms with van der Waals surface area (Å²) in [6.07, 6.45) is 43.3. The van der Waals surface area contributed by atoms with Crippen LogP contribution in [-0.2, 0) is 18.4 Å². The minimum Gasteiger partial charge on any atom is -0.756 e. The van der Waals surface area contributed by atoms with Crippen molar-refractivity contribution < 1.29 is 32.9 Å². The van der Waals surface area contributed by atoms with E-state index in [9.17, 15) is 19.4 Å². The van der Waals surface area contributed by atoms with Crippen LogP contribution >= 0.6 is 7.82 Å². The molecule has 0 heterocycles. The van der Waals surface area contributed by atoms with Crippen molar-refractivity contribution in [1.82, 2.24) is 5.32 Å². The zero-order chi connectivity index (χ0) is 40.0. The number of allylic oxidation sites excluding steroid dienone is 2. The Morgan fingerprint density at radius 1 is 0.630 bits per heavy atom. The molecule has 0 saturated carbocycles. The van der Waals surface area contributed by atoms with Crippen molar-refractivity contribution in [2.24, 2.45) is 0 Å². The molecule has 0 bridgehead atoms. The topological polar surface area (TPSA) is 108 Å². The van der Waals surface area contributed by atoms with E-state index in [1.807, 2.05) is 21.1 Å². The maximum atomic E-state index is 12.7. The number of unbranched alkanes of at least 4 members (excludes halogenated alkanes) is 27. The Kier molecular flexibility index (Phi) is 37.3. The van der Waals surface area contributed by atoms with Crippen LogP contribution in [0.3, 0.4) is 0 Å². The number of aliphatic hydroxyl groups is 1. The van der Waals surface area contributed by atoms with Gasteiger partial charge in [-0.15, -0.1) is 0 Å². The highest BCUT2D eigenvalue weighted by Gasteiger charge is 2.24. The van der Waals surface area contributed by atoms with E-state index in [1.54, 1.807) is 0 Å². The van der Waals surface area contributed by atoms with Gasteiger partial charge in [-0.05, 0) is 38.5 Å². The molecule has 0 spiro atoms. The standard InChI is InChI=1S/C45H91N2O6P/c1-6-8-10-11-12-13-14-15-16-17-18-19-20-21-22-23-24-25-26-27-28-29-30-31-32-33-34-35-37-39-45(49)46-43(44(48)38-36-9-7-2)42-53-54(50,51)52-41-40-47(3,4)5/h17-18,43-44,48H,6-16,19-42H2,1-5H3,(H-,46,49,50,51)/b18-17-. The molecule has 0 rings (SSSR count). The first-order valence-corrected chi connectivity index (χ1v) is 24.5. The molecular weight excluding hydrogens is 695 g/mol. The van der Waals surface area contributed by atoms with Gasteiger partial charge in [0.1, 0.15) is 13.2 Å². The number of carbonyl (C=O) groups excluding carboxylic acids is 1. The van der Waals surface area contributed by atoms with Crippen molar-refractivity contribution in [3.05, 3.63) is 12.2 Å². The first-order chi connectivity index (χ1) is 26.0. The summed E-state index contributed by atoms with van der Waals surface area (Å²) in [5.74, 6) is -0.174. The lowest BCUT2D eigenvalue weighted by Gasteiger charge is -2.30. The summed E-state index contributed by atoms with van der Waals surface area (Å²) in [4.78, 5) is 25.0. The van der Waals surface area contributed by atoms with Crippen LogP contribution in [0.4, 0.5) is 0 Å². The van der Waals surface area contributed by atoms with Crippen LogP contribution in [0.25, 0.3) is 0 Å². The summed E-state index contributed by atoms with van der Waals surface area (Å²) >= 11 is 0. The number of aliphatic hydroxyl groups excluding tert-OH is 1. The van der Waals surface area contributed by atoms with Crippen molar-refractivity contribution in [2.75, 3.05) is 40.9 Å². The fraction of sp³-hybridized carbons (Fsp3) is 0.933. The van der Waals surface area contributed by atoms with E-state index in [1.165, 1.54) is 154 Å². The quantitative estimate of drug-likeness (QED) is 0.0276. The lowest BCUT2D eigenvalue weighted by atomic mass is 10.0. The first kappa shape index (κ1) is 53.2. The molecule has 0 saturated heterocycles. The second kappa shape index (κ2) is 37.8. The molecular formula is C45H91N2O6P. The molecule has 54 heavy (non-hydrogen) atoms. The summed E-state index contributed by atoms with van der Waals surface area (Å²) < 4.78 is 22.9. The van der Waals surface area contributed by atoms with Gasteiger partial charge in [0.25, 0.3) is 7.82 Å². The lowest BCUT2D eigenvalue weighted by Crippen LogP contribution is -2.46. The molecule has 0 aliphatic heterocycles. The summed E-state index contributed by atoms with van der Waals surface area (Å²) in [7, 11) is 1.30. The van der Waals surface area contributed by atoms with E-state index in [0.29, 0.717) is 23.9 Å². The van der Waals surface area contributed by atoms with Crippen LogP contribution in [-0.4, -0.2) is 68.5 Å². The Balaban J connectivity index is 3.75. The highest BCUT2D eigenvalue weighted by Crippen LogP contribution is 2.38. The van der Waals surface area contributed by atoms with Gasteiger partial charge < -0.3 is 28.8 Å². The minimum absolute atomic E-state index is 0.0127. The van der Waals surface area contributed by atoms with E-state index in [0.717, 1.165) is 38.5 Å². The zero-order valence-electron chi connectivity index (χ0n) is 36.4. The summed E-state index contributed by atoms with van der Waals surface area (Å²) in [5, 5.41) is 13.5. The molecule has 8 nitrogen and oxygen atoms in total. The first-order valence-electron chi connectivity index (χ1n) is 23.0. The molecule has 1 amide bonds. The van der Waals surface area contributed by atoms with Gasteiger partial charge in [0.15, 0.2) is 0 Å². The van der Waals surface area contributed by atoms with Gasteiger partial charge >= 0.3 is 0 Å². The minimum atomic E-state index is -4.54. The number of amides is 1. The monoisotopic (exact) mass is 787 g/mol. The van der Waals surface area contributed by atoms with Crippen LogP contribution in [0.2, 0.25) is 0 Å². The van der Waals surface area contributed by atoms with Gasteiger partial charge in [-0.1, -0.05) is 187 Å². The summed E-state index contributed by atoms with van der Waals surface area (Å²) in [5.41, 5.74) is 0. The van der Waals surface area contributed by atoms with Crippen LogP contribution in [0.1, 0.15) is 219 Å². The van der Waals surface area contributed by atoms with Gasteiger partial charge in [-0.3, -0.25) is 9.36 Å². The maximum absolute atomic E-state index is 12.7. The largest absolute Gasteiger partial charge is 0.756 e. The van der Waals surface area contributed by atoms with Crippen molar-refractivity contribution in [1.29, 1.82) is 0 Å². The summed E-state index contributed by atoms with van der Waals surface area (Å²) in [6, 6.07) is -0.791. The Labute approximate surface area is 335 Å². The smallest absolute Gasteiger partial charge is 0.268 e. The highest BCUT2D eigenvalue weighted by atomic mass is 31.2. The predicted octanol–water partition coefficient (Wildman–Crippen LogP) is 12.1. The molecule has 322 valence electrons. The second-order valence-corrected chi connectivity index (χ2v) is 18.5. The Hall–Kier alpha value is -0.760. The zero-order valence-corrected chi connectivity index (χ0v) is 37.3. The van der Waals surface area contributed by atoms with Gasteiger partial charge in [0.05, 0.1) is 39.9 Å². The van der Waals surface area contributed by atoms with E-state index in [4.69, 9.17) is 9.05 Å². The lowest BCUT2D eigenvalue weighted by molar-refractivity contribution is -0.870. The van der Waals surface area contributed by atoms with Crippen molar-refractivity contribution >= 4 is 13.7 Å². The molecule has 0 aromatic rings. The van der Waals surface area contributed by atoms with Gasteiger partial charge in [0.2, 0.25) is 5.91 Å². The van der Waals surface area contributed by atoms with Gasteiger partial charge in [-0.25, -0.2) is 0 Å². The Morgan fingerprint density at radius 2 is 1.02 bits per heavy atom. The molecule has 0 aromatic carbocycles. The Morgan fingerprint density at radius 3 is 1.44 bits per heavy atom. The molecule has 9 heteroatoms. The predicted molar refractivity (Wildman–Crippen MR) is 229 cm³/mol. The molecule has 0 fully saturated rings. The normalized spacial score (nSPS) is 14.4. The average molecular weight is 787 g/mol. The van der Waals surface area contributed by atoms with Gasteiger partial charge in [-0.2, -0.15) is 0 Å². The number of nitrogens with one attached hydrogen (secondary N) is 1. The van der Waals surface area contributed by atoms with Crippen molar-refractivity contribution in [3.63, 3.8) is 0 Å². The Bertz CT molecular complexity index is 896. The molecule has 3 atom stereocenters. The number of rotatable bonds is 42. The number of likely N-dealkylation sites (N-methyl/N-ethyl adjacent to an activating group) is 1. The number of hydrogen-bond donors (Lipinski definition) is 2. The number of quaternary nitrogens is 1. The summed E-state index contributed by atoms with van der Waals surface area (Å²) in [6.45, 7) is 4.56. The average Bonchev–Trinajstić information content (AvgIpc) is 3.12.